The Morgan fingerprint density at radius 1 is 1.27 bits per heavy atom. The predicted molar refractivity (Wildman–Crippen MR) is 90.8 cm³/mol. The van der Waals surface area contributed by atoms with E-state index < -0.39 is 17.5 Å². The van der Waals surface area contributed by atoms with Crippen molar-refractivity contribution in [3.63, 3.8) is 0 Å². The average molecular weight is 358 g/mol. The van der Waals surface area contributed by atoms with E-state index in [1.165, 1.54) is 24.9 Å². The Morgan fingerprint density at radius 2 is 2.00 bits per heavy atom. The van der Waals surface area contributed by atoms with Crippen molar-refractivity contribution < 1.29 is 23.8 Å². The molecule has 0 unspecified atom stereocenters. The normalized spacial score (nSPS) is 17.3. The second-order valence-electron chi connectivity index (χ2n) is 6.26. The number of nitrogens with one attached hydrogen (secondary N) is 1. The molecule has 2 aromatic rings. The van der Waals surface area contributed by atoms with E-state index >= 15 is 0 Å². The minimum Gasteiger partial charge on any atom is -0.472 e. The molecule has 0 saturated heterocycles. The van der Waals surface area contributed by atoms with Gasteiger partial charge in [0.05, 0.1) is 12.5 Å². The van der Waals surface area contributed by atoms with E-state index in [1.807, 2.05) is 0 Å². The van der Waals surface area contributed by atoms with Crippen LogP contribution in [-0.2, 0) is 15.2 Å². The van der Waals surface area contributed by atoms with E-state index in [0.29, 0.717) is 18.4 Å². The van der Waals surface area contributed by atoms with Crippen LogP contribution < -0.4 is 10.1 Å². The number of amides is 1. The molecule has 26 heavy (non-hydrogen) atoms. The number of rotatable bonds is 5. The van der Waals surface area contributed by atoms with Crippen molar-refractivity contribution in [1.29, 1.82) is 0 Å². The summed E-state index contributed by atoms with van der Waals surface area (Å²) in [4.78, 5) is 32.0. The smallest absolute Gasteiger partial charge is 0.350 e. The van der Waals surface area contributed by atoms with E-state index in [-0.39, 0.29) is 17.6 Å². The number of anilines is 1. The Kier molecular flexibility index (Phi) is 5.32. The van der Waals surface area contributed by atoms with Gasteiger partial charge in [0, 0.05) is 30.8 Å². The van der Waals surface area contributed by atoms with Gasteiger partial charge in [-0.2, -0.15) is 0 Å². The molecular weight excluding hydrogens is 338 g/mol. The van der Waals surface area contributed by atoms with Crippen LogP contribution in [-0.4, -0.2) is 27.0 Å². The van der Waals surface area contributed by atoms with Gasteiger partial charge in [-0.25, -0.2) is 14.8 Å². The zero-order chi connectivity index (χ0) is 18.6. The quantitative estimate of drug-likeness (QED) is 0.788. The Bertz CT molecular complexity index is 771. The molecule has 2 N–H and O–H groups in total. The van der Waals surface area contributed by atoms with E-state index in [0.717, 1.165) is 19.3 Å². The number of carbonyl (C=O) groups is 2. The molecule has 1 saturated carbocycles. The summed E-state index contributed by atoms with van der Waals surface area (Å²) in [5, 5.41) is 13.7. The number of aromatic nitrogens is 2. The van der Waals surface area contributed by atoms with Gasteiger partial charge in [0.15, 0.2) is 11.4 Å². The molecular formula is C18H20N3O5. The van der Waals surface area contributed by atoms with Gasteiger partial charge in [0.2, 0.25) is 5.91 Å². The summed E-state index contributed by atoms with van der Waals surface area (Å²) in [6.45, 7) is 3.20. The van der Waals surface area contributed by atoms with Crippen LogP contribution in [0.15, 0.2) is 35.4 Å². The molecule has 1 fully saturated rings. The van der Waals surface area contributed by atoms with Crippen molar-refractivity contribution in [2.75, 3.05) is 5.32 Å². The number of esters is 1. The third kappa shape index (κ3) is 3.60. The van der Waals surface area contributed by atoms with E-state index in [4.69, 9.17) is 9.15 Å². The summed E-state index contributed by atoms with van der Waals surface area (Å²) in [5.41, 5.74) is -1.53. The number of hydrogen-bond acceptors (Lipinski definition) is 7. The first kappa shape index (κ1) is 18.1. The molecule has 8 nitrogen and oxygen atoms in total. The molecule has 137 valence electrons. The van der Waals surface area contributed by atoms with Crippen LogP contribution >= 0.6 is 0 Å². The van der Waals surface area contributed by atoms with Crippen LogP contribution in [0.4, 0.5) is 5.82 Å². The van der Waals surface area contributed by atoms with Gasteiger partial charge in [-0.15, -0.1) is 0 Å². The lowest BCUT2D eigenvalue weighted by atomic mass is 9.74. The average Bonchev–Trinajstić information content (AvgIpc) is 3.18. The van der Waals surface area contributed by atoms with Gasteiger partial charge in [-0.1, -0.05) is 19.3 Å². The van der Waals surface area contributed by atoms with Crippen LogP contribution in [0.5, 0.6) is 5.88 Å². The van der Waals surface area contributed by atoms with Gasteiger partial charge >= 0.3 is 5.97 Å². The Morgan fingerprint density at radius 3 is 2.65 bits per heavy atom. The lowest BCUT2D eigenvalue weighted by Crippen LogP contribution is -2.46. The van der Waals surface area contributed by atoms with Crippen molar-refractivity contribution in [3.8, 4) is 5.88 Å². The molecule has 1 amide bonds. The molecule has 0 aromatic carbocycles. The predicted octanol–water partition coefficient (Wildman–Crippen LogP) is 2.22. The van der Waals surface area contributed by atoms with Crippen molar-refractivity contribution in [2.24, 2.45) is 5.92 Å². The Balaban J connectivity index is 1.91. The van der Waals surface area contributed by atoms with Crippen molar-refractivity contribution in [2.45, 2.75) is 37.7 Å². The summed E-state index contributed by atoms with van der Waals surface area (Å²) >= 11 is 0. The van der Waals surface area contributed by atoms with Crippen LogP contribution in [0.3, 0.4) is 0 Å². The molecule has 1 radical (unpaired) electrons. The standard InChI is InChI=1S/C18H20N3O5/c1-12(22)21-15-16(20-9-8-19-15)26-17(23)18(24,14-7-10-25-11-14)13-5-3-2-4-6-13/h7-11,13,24H,1-6H2,(H,19,21,22)/t18-/m1/s1. The molecule has 0 spiro atoms. The first-order valence-electron chi connectivity index (χ1n) is 8.43. The second kappa shape index (κ2) is 7.65. The number of aliphatic hydroxyl groups is 1. The molecule has 1 atom stereocenters. The van der Waals surface area contributed by atoms with E-state index in [1.54, 1.807) is 6.07 Å². The molecule has 2 heterocycles. The van der Waals surface area contributed by atoms with Crippen LogP contribution in [0.1, 0.15) is 37.7 Å². The van der Waals surface area contributed by atoms with Crippen molar-refractivity contribution >= 4 is 17.7 Å². The summed E-state index contributed by atoms with van der Waals surface area (Å²) in [6, 6.07) is 1.55. The highest BCUT2D eigenvalue weighted by atomic mass is 16.6. The third-order valence-electron chi connectivity index (χ3n) is 4.58. The molecule has 1 aliphatic carbocycles. The van der Waals surface area contributed by atoms with Gasteiger partial charge in [-0.3, -0.25) is 4.79 Å². The first-order chi connectivity index (χ1) is 12.5. The molecule has 8 heteroatoms. The number of ether oxygens (including phenoxy) is 1. The lowest BCUT2D eigenvalue weighted by Gasteiger charge is -2.35. The van der Waals surface area contributed by atoms with Crippen LogP contribution in [0, 0.1) is 12.8 Å². The van der Waals surface area contributed by atoms with Gasteiger partial charge in [0.1, 0.15) is 0 Å². The second-order valence-corrected chi connectivity index (χ2v) is 6.26. The van der Waals surface area contributed by atoms with Crippen LogP contribution in [0.2, 0.25) is 0 Å². The van der Waals surface area contributed by atoms with E-state index in [2.05, 4.69) is 22.2 Å². The minimum atomic E-state index is -1.86. The topological polar surface area (TPSA) is 115 Å². The number of carbonyl (C=O) groups excluding carboxylic acids is 2. The zero-order valence-electron chi connectivity index (χ0n) is 14.2. The van der Waals surface area contributed by atoms with Crippen molar-refractivity contribution in [1.82, 2.24) is 9.97 Å². The number of hydrogen-bond donors (Lipinski definition) is 2. The molecule has 0 bridgehead atoms. The van der Waals surface area contributed by atoms with E-state index in [9.17, 15) is 14.7 Å². The fourth-order valence-corrected chi connectivity index (χ4v) is 3.31. The third-order valence-corrected chi connectivity index (χ3v) is 4.58. The largest absolute Gasteiger partial charge is 0.472 e. The monoisotopic (exact) mass is 358 g/mol. The maximum absolute atomic E-state index is 13.0. The SMILES string of the molecule is [CH2]C(=O)Nc1nccnc1OC(=O)[C@](O)(c1ccoc1)C1CCCCC1. The Labute approximate surface area is 150 Å². The van der Waals surface area contributed by atoms with Crippen LogP contribution in [0.25, 0.3) is 0 Å². The maximum atomic E-state index is 13.0. The van der Waals surface area contributed by atoms with Gasteiger partial charge in [-0.05, 0) is 18.9 Å². The summed E-state index contributed by atoms with van der Waals surface area (Å²) in [6.07, 6.45) is 9.69. The highest BCUT2D eigenvalue weighted by Crippen LogP contribution is 2.41. The molecule has 1 aliphatic rings. The summed E-state index contributed by atoms with van der Waals surface area (Å²) in [5.74, 6) is -2.05. The Hall–Kier alpha value is -2.74. The first-order valence-corrected chi connectivity index (χ1v) is 8.43. The highest BCUT2D eigenvalue weighted by molar-refractivity contribution is 5.94. The number of furan rings is 1. The molecule has 2 aromatic heterocycles. The number of nitrogens with zero attached hydrogens (tertiary/aromatic N) is 2. The minimum absolute atomic E-state index is 0.0426. The van der Waals surface area contributed by atoms with Gasteiger partial charge < -0.3 is 19.6 Å². The fraction of sp³-hybridized carbons (Fsp3) is 0.389. The maximum Gasteiger partial charge on any atom is 0.350 e. The zero-order valence-corrected chi connectivity index (χ0v) is 14.2. The fourth-order valence-electron chi connectivity index (χ4n) is 3.31. The molecule has 0 aliphatic heterocycles. The molecule has 3 rings (SSSR count). The summed E-state index contributed by atoms with van der Waals surface area (Å²) < 4.78 is 10.4. The van der Waals surface area contributed by atoms with Crippen molar-refractivity contribution in [3.05, 3.63) is 43.5 Å². The lowest BCUT2D eigenvalue weighted by molar-refractivity contribution is -0.165. The van der Waals surface area contributed by atoms with Gasteiger partial charge in [0.25, 0.3) is 5.88 Å². The summed E-state index contributed by atoms with van der Waals surface area (Å²) in [7, 11) is 0. The highest BCUT2D eigenvalue weighted by Gasteiger charge is 2.48.